The fraction of sp³-hybridized carbons (Fsp3) is 0.818. The zero-order valence-corrected chi connectivity index (χ0v) is 9.73. The normalized spacial score (nSPS) is 27.9. The molecule has 0 spiro atoms. The minimum absolute atomic E-state index is 0.000972. The van der Waals surface area contributed by atoms with Crippen molar-refractivity contribution in [2.45, 2.75) is 31.8 Å². The summed E-state index contributed by atoms with van der Waals surface area (Å²) in [5.74, 6) is 0.342. The van der Waals surface area contributed by atoms with Crippen LogP contribution in [-0.2, 0) is 14.3 Å². The highest BCUT2D eigenvalue weighted by Gasteiger charge is 2.46. The lowest BCUT2D eigenvalue weighted by Gasteiger charge is -2.39. The molecule has 0 bridgehead atoms. The Morgan fingerprint density at radius 1 is 1.50 bits per heavy atom. The Morgan fingerprint density at radius 3 is 2.75 bits per heavy atom. The van der Waals surface area contributed by atoms with E-state index < -0.39 is 0 Å². The zero-order valence-electron chi connectivity index (χ0n) is 9.73. The van der Waals surface area contributed by atoms with Gasteiger partial charge in [0.1, 0.15) is 6.04 Å². The fourth-order valence-corrected chi connectivity index (χ4v) is 2.33. The Morgan fingerprint density at radius 2 is 2.19 bits per heavy atom. The number of nitrogens with zero attached hydrogens (tertiary/aromatic N) is 1. The van der Waals surface area contributed by atoms with Crippen molar-refractivity contribution >= 4 is 11.8 Å². The minimum Gasteiger partial charge on any atom is -0.383 e. The number of piperazine rings is 1. The monoisotopic (exact) mass is 226 g/mol. The van der Waals surface area contributed by atoms with Crippen LogP contribution in [0.1, 0.15) is 19.8 Å². The van der Waals surface area contributed by atoms with E-state index in [0.29, 0.717) is 12.5 Å². The van der Waals surface area contributed by atoms with Crippen LogP contribution < -0.4 is 5.32 Å². The van der Waals surface area contributed by atoms with Crippen LogP contribution in [0.25, 0.3) is 0 Å². The van der Waals surface area contributed by atoms with E-state index in [4.69, 9.17) is 4.74 Å². The summed E-state index contributed by atoms with van der Waals surface area (Å²) in [7, 11) is 1.61. The molecule has 1 heterocycles. The van der Waals surface area contributed by atoms with Crippen molar-refractivity contribution in [3.8, 4) is 0 Å². The minimum atomic E-state index is -0.272. The summed E-state index contributed by atoms with van der Waals surface area (Å²) in [5, 5.41) is 2.66. The van der Waals surface area contributed by atoms with Gasteiger partial charge in [-0.25, -0.2) is 0 Å². The van der Waals surface area contributed by atoms with Gasteiger partial charge in [0.05, 0.1) is 19.2 Å². The highest BCUT2D eigenvalue weighted by molar-refractivity contribution is 5.95. The molecule has 1 N–H and O–H groups in total. The highest BCUT2D eigenvalue weighted by atomic mass is 16.5. The molecule has 2 amide bonds. The van der Waals surface area contributed by atoms with Gasteiger partial charge in [0.25, 0.3) is 0 Å². The van der Waals surface area contributed by atoms with Crippen LogP contribution in [0.4, 0.5) is 0 Å². The summed E-state index contributed by atoms with van der Waals surface area (Å²) in [6.45, 7) is 2.52. The van der Waals surface area contributed by atoms with Crippen LogP contribution in [0.2, 0.25) is 0 Å². The van der Waals surface area contributed by atoms with Gasteiger partial charge >= 0.3 is 0 Å². The van der Waals surface area contributed by atoms with Crippen molar-refractivity contribution in [2.24, 2.45) is 5.92 Å². The first-order valence-corrected chi connectivity index (χ1v) is 5.73. The van der Waals surface area contributed by atoms with E-state index in [0.717, 1.165) is 12.8 Å². The molecule has 0 aromatic rings. The molecule has 2 atom stereocenters. The number of ether oxygens (including phenoxy) is 1. The van der Waals surface area contributed by atoms with E-state index in [1.807, 2.05) is 6.92 Å². The van der Waals surface area contributed by atoms with Gasteiger partial charge in [0.15, 0.2) is 0 Å². The molecule has 1 aliphatic heterocycles. The third kappa shape index (κ3) is 2.04. The van der Waals surface area contributed by atoms with Gasteiger partial charge in [-0.3, -0.25) is 9.59 Å². The van der Waals surface area contributed by atoms with Crippen molar-refractivity contribution in [3.63, 3.8) is 0 Å². The molecule has 90 valence electrons. The van der Waals surface area contributed by atoms with Gasteiger partial charge in [0.2, 0.25) is 11.8 Å². The Kier molecular flexibility index (Phi) is 3.14. The third-order valence-corrected chi connectivity index (χ3v) is 3.22. The summed E-state index contributed by atoms with van der Waals surface area (Å²) < 4.78 is 5.06. The molecule has 2 fully saturated rings. The van der Waals surface area contributed by atoms with Gasteiger partial charge in [-0.2, -0.15) is 0 Å². The molecule has 1 saturated carbocycles. The van der Waals surface area contributed by atoms with E-state index >= 15 is 0 Å². The first-order valence-electron chi connectivity index (χ1n) is 5.73. The van der Waals surface area contributed by atoms with Gasteiger partial charge in [-0.1, -0.05) is 0 Å². The standard InChI is InChI=1S/C11H18N2O3/c1-7(6-16-2)13-9(14)5-12-11(15)10(13)8-3-4-8/h7-8,10H,3-6H2,1-2H3,(H,12,15). The molecule has 2 aliphatic rings. The number of carbonyl (C=O) groups excluding carboxylic acids is 2. The maximum Gasteiger partial charge on any atom is 0.243 e. The summed E-state index contributed by atoms with van der Waals surface area (Å²) in [6, 6.07) is -0.305. The lowest BCUT2D eigenvalue weighted by atomic mass is 10.0. The molecule has 2 rings (SSSR count). The van der Waals surface area contributed by atoms with Crippen LogP contribution in [0.5, 0.6) is 0 Å². The van der Waals surface area contributed by atoms with Gasteiger partial charge < -0.3 is 15.0 Å². The Hall–Kier alpha value is -1.10. The predicted octanol–water partition coefficient (Wildman–Crippen LogP) is -0.242. The summed E-state index contributed by atoms with van der Waals surface area (Å²) in [4.78, 5) is 25.4. The molecule has 16 heavy (non-hydrogen) atoms. The molecule has 5 heteroatoms. The van der Waals surface area contributed by atoms with E-state index in [1.165, 1.54) is 0 Å². The van der Waals surface area contributed by atoms with Crippen LogP contribution in [0.3, 0.4) is 0 Å². The number of methoxy groups -OCH3 is 1. The second-order valence-electron chi connectivity index (χ2n) is 4.61. The first-order chi connectivity index (χ1) is 7.65. The number of nitrogens with one attached hydrogen (secondary N) is 1. The van der Waals surface area contributed by atoms with Gasteiger partial charge in [0, 0.05) is 7.11 Å². The van der Waals surface area contributed by atoms with Crippen LogP contribution in [-0.4, -0.2) is 49.1 Å². The summed E-state index contributed by atoms with van der Waals surface area (Å²) in [5.41, 5.74) is 0. The van der Waals surface area contributed by atoms with E-state index in [2.05, 4.69) is 5.32 Å². The van der Waals surface area contributed by atoms with Gasteiger partial charge in [-0.05, 0) is 25.7 Å². The van der Waals surface area contributed by atoms with Crippen molar-refractivity contribution in [1.82, 2.24) is 10.2 Å². The number of rotatable bonds is 4. The topological polar surface area (TPSA) is 58.6 Å². The molecule has 5 nitrogen and oxygen atoms in total. The summed E-state index contributed by atoms with van der Waals surface area (Å²) >= 11 is 0. The maximum atomic E-state index is 11.9. The average molecular weight is 226 g/mol. The number of hydrogen-bond donors (Lipinski definition) is 1. The van der Waals surface area contributed by atoms with Crippen molar-refractivity contribution in [3.05, 3.63) is 0 Å². The van der Waals surface area contributed by atoms with Crippen LogP contribution in [0, 0.1) is 5.92 Å². The third-order valence-electron chi connectivity index (χ3n) is 3.22. The second kappa shape index (κ2) is 4.41. The molecule has 0 aromatic heterocycles. The van der Waals surface area contributed by atoms with Crippen molar-refractivity contribution in [2.75, 3.05) is 20.3 Å². The lowest BCUT2D eigenvalue weighted by Crippen LogP contribution is -2.62. The van der Waals surface area contributed by atoms with Crippen molar-refractivity contribution in [1.29, 1.82) is 0 Å². The van der Waals surface area contributed by atoms with Gasteiger partial charge in [-0.15, -0.1) is 0 Å². The predicted molar refractivity (Wildman–Crippen MR) is 57.7 cm³/mol. The number of carbonyl (C=O) groups is 2. The Labute approximate surface area is 95.1 Å². The van der Waals surface area contributed by atoms with E-state index in [1.54, 1.807) is 12.0 Å². The molecule has 0 aromatic carbocycles. The zero-order chi connectivity index (χ0) is 11.7. The van der Waals surface area contributed by atoms with Crippen molar-refractivity contribution < 1.29 is 14.3 Å². The van der Waals surface area contributed by atoms with E-state index in [9.17, 15) is 9.59 Å². The second-order valence-corrected chi connectivity index (χ2v) is 4.61. The Bertz CT molecular complexity index is 302. The molecule has 2 unspecified atom stereocenters. The highest BCUT2D eigenvalue weighted by Crippen LogP contribution is 2.37. The number of amides is 2. The maximum absolute atomic E-state index is 11.9. The SMILES string of the molecule is COCC(C)N1C(=O)CNC(=O)C1C1CC1. The Balaban J connectivity index is 2.14. The lowest BCUT2D eigenvalue weighted by molar-refractivity contribution is -0.150. The fourth-order valence-electron chi connectivity index (χ4n) is 2.33. The molecule has 0 radical (unpaired) electrons. The first kappa shape index (κ1) is 11.4. The van der Waals surface area contributed by atoms with E-state index in [-0.39, 0.29) is 30.4 Å². The summed E-state index contributed by atoms with van der Waals surface area (Å²) in [6.07, 6.45) is 2.09. The molecular weight excluding hydrogens is 208 g/mol. The molecular formula is C11H18N2O3. The molecule has 1 saturated heterocycles. The number of hydrogen-bond acceptors (Lipinski definition) is 3. The molecule has 1 aliphatic carbocycles. The van der Waals surface area contributed by atoms with Crippen LogP contribution >= 0.6 is 0 Å². The quantitative estimate of drug-likeness (QED) is 0.719. The largest absolute Gasteiger partial charge is 0.383 e. The average Bonchev–Trinajstić information content (AvgIpc) is 3.05. The van der Waals surface area contributed by atoms with Crippen LogP contribution in [0.15, 0.2) is 0 Å². The smallest absolute Gasteiger partial charge is 0.243 e.